The number of rotatable bonds is 5. The molecule has 0 aromatic carbocycles. The molecule has 19 heavy (non-hydrogen) atoms. The summed E-state index contributed by atoms with van der Waals surface area (Å²) in [6, 6.07) is 0.118. The number of urea groups is 1. The van der Waals surface area contributed by atoms with E-state index in [-0.39, 0.29) is 24.5 Å². The lowest BCUT2D eigenvalue weighted by Gasteiger charge is -2.35. The first kappa shape index (κ1) is 15.8. The molecule has 0 radical (unpaired) electrons. The molecule has 0 atom stereocenters. The minimum absolute atomic E-state index is 0.150. The maximum Gasteiger partial charge on any atom is 0.323 e. The van der Waals surface area contributed by atoms with Gasteiger partial charge in [0.25, 0.3) is 0 Å². The average Bonchev–Trinajstić information content (AvgIpc) is 2.36. The first-order valence-corrected chi connectivity index (χ1v) is 7.15. The van der Waals surface area contributed by atoms with Crippen molar-refractivity contribution in [3.63, 3.8) is 0 Å². The van der Waals surface area contributed by atoms with E-state index in [0.29, 0.717) is 6.54 Å². The van der Waals surface area contributed by atoms with E-state index >= 15 is 0 Å². The summed E-state index contributed by atoms with van der Waals surface area (Å²) in [5, 5.41) is 8.93. The lowest BCUT2D eigenvalue weighted by atomic mass is 9.95. The van der Waals surface area contributed by atoms with Crippen molar-refractivity contribution >= 4 is 12.0 Å². The predicted octanol–water partition coefficient (Wildman–Crippen LogP) is 2.41. The largest absolute Gasteiger partial charge is 0.480 e. The molecule has 5 heteroatoms. The summed E-state index contributed by atoms with van der Waals surface area (Å²) in [6.07, 6.45) is 5.62. The number of carboxylic acids is 1. The van der Waals surface area contributed by atoms with Crippen LogP contribution in [-0.4, -0.2) is 53.1 Å². The second-order valence-corrected chi connectivity index (χ2v) is 5.85. The Hall–Kier alpha value is -1.26. The zero-order valence-corrected chi connectivity index (χ0v) is 12.3. The van der Waals surface area contributed by atoms with E-state index < -0.39 is 5.97 Å². The maximum atomic E-state index is 12.4. The van der Waals surface area contributed by atoms with Crippen LogP contribution in [0.3, 0.4) is 0 Å². The van der Waals surface area contributed by atoms with Gasteiger partial charge in [0, 0.05) is 19.6 Å². The van der Waals surface area contributed by atoms with Crippen LogP contribution >= 0.6 is 0 Å². The van der Waals surface area contributed by atoms with Gasteiger partial charge in [-0.25, -0.2) is 4.79 Å². The van der Waals surface area contributed by atoms with Crippen molar-refractivity contribution < 1.29 is 14.7 Å². The summed E-state index contributed by atoms with van der Waals surface area (Å²) in [5.41, 5.74) is 0. The van der Waals surface area contributed by atoms with Gasteiger partial charge in [0.2, 0.25) is 0 Å². The Kier molecular flexibility index (Phi) is 6.12. The number of carbonyl (C=O) groups is 2. The SMILES string of the molecule is CC(C)CN(CC(=O)O)C(=O)N(C)C1CCCCC1. The highest BCUT2D eigenvalue weighted by atomic mass is 16.4. The highest BCUT2D eigenvalue weighted by Crippen LogP contribution is 2.22. The molecule has 0 unspecified atom stereocenters. The minimum Gasteiger partial charge on any atom is -0.480 e. The number of amides is 2. The Balaban J connectivity index is 2.64. The van der Waals surface area contributed by atoms with Crippen LogP contribution in [0.2, 0.25) is 0 Å². The Morgan fingerprint density at radius 1 is 1.21 bits per heavy atom. The number of aliphatic carboxylic acids is 1. The molecule has 5 nitrogen and oxygen atoms in total. The number of carbonyl (C=O) groups excluding carboxylic acids is 1. The molecule has 1 aliphatic carbocycles. The monoisotopic (exact) mass is 270 g/mol. The smallest absolute Gasteiger partial charge is 0.323 e. The van der Waals surface area contributed by atoms with E-state index in [0.717, 1.165) is 25.7 Å². The van der Waals surface area contributed by atoms with Gasteiger partial charge in [-0.15, -0.1) is 0 Å². The molecule has 0 saturated heterocycles. The van der Waals surface area contributed by atoms with Crippen molar-refractivity contribution in [3.8, 4) is 0 Å². The van der Waals surface area contributed by atoms with Crippen molar-refractivity contribution in [2.75, 3.05) is 20.1 Å². The summed E-state index contributed by atoms with van der Waals surface area (Å²) in [5.74, 6) is -0.686. The zero-order valence-electron chi connectivity index (χ0n) is 12.3. The molecule has 1 saturated carbocycles. The van der Waals surface area contributed by atoms with Gasteiger partial charge in [0.1, 0.15) is 6.54 Å². The van der Waals surface area contributed by atoms with Gasteiger partial charge in [-0.3, -0.25) is 4.79 Å². The molecule has 0 heterocycles. The van der Waals surface area contributed by atoms with Crippen LogP contribution in [-0.2, 0) is 4.79 Å². The van der Waals surface area contributed by atoms with Gasteiger partial charge in [0.05, 0.1) is 0 Å². The van der Waals surface area contributed by atoms with E-state index in [1.807, 2.05) is 13.8 Å². The van der Waals surface area contributed by atoms with Gasteiger partial charge in [-0.1, -0.05) is 33.1 Å². The van der Waals surface area contributed by atoms with Gasteiger partial charge >= 0.3 is 12.0 Å². The molecule has 1 fully saturated rings. The third-order valence-electron chi connectivity index (χ3n) is 3.61. The second kappa shape index (κ2) is 7.36. The van der Waals surface area contributed by atoms with Gasteiger partial charge in [0.15, 0.2) is 0 Å². The average molecular weight is 270 g/mol. The summed E-state index contributed by atoms with van der Waals surface area (Å²) < 4.78 is 0. The Bertz CT molecular complexity index is 312. The van der Waals surface area contributed by atoms with Gasteiger partial charge in [-0.05, 0) is 18.8 Å². The molecular formula is C14H26N2O3. The van der Waals surface area contributed by atoms with Crippen molar-refractivity contribution in [1.29, 1.82) is 0 Å². The highest BCUT2D eigenvalue weighted by Gasteiger charge is 2.27. The first-order valence-electron chi connectivity index (χ1n) is 7.15. The number of hydrogen-bond acceptors (Lipinski definition) is 2. The van der Waals surface area contributed by atoms with Crippen LogP contribution in [0, 0.1) is 5.92 Å². The summed E-state index contributed by atoms with van der Waals surface area (Å²) >= 11 is 0. The molecular weight excluding hydrogens is 244 g/mol. The van der Waals surface area contributed by atoms with Crippen LogP contribution in [0.4, 0.5) is 4.79 Å². The zero-order chi connectivity index (χ0) is 14.4. The van der Waals surface area contributed by atoms with Crippen LogP contribution in [0.25, 0.3) is 0 Å². The molecule has 0 bridgehead atoms. The van der Waals surface area contributed by atoms with Gasteiger partial charge < -0.3 is 14.9 Å². The minimum atomic E-state index is -0.953. The van der Waals surface area contributed by atoms with Crippen LogP contribution in [0.15, 0.2) is 0 Å². The summed E-state index contributed by atoms with van der Waals surface area (Å²) in [4.78, 5) is 26.5. The number of nitrogens with zero attached hydrogens (tertiary/aromatic N) is 2. The van der Waals surface area contributed by atoms with Crippen LogP contribution in [0.5, 0.6) is 0 Å². The first-order chi connectivity index (χ1) is 8.91. The number of carboxylic acid groups (broad SMARTS) is 1. The lowest BCUT2D eigenvalue weighted by Crippen LogP contribution is -2.49. The summed E-state index contributed by atoms with van der Waals surface area (Å²) in [6.45, 7) is 4.25. The fourth-order valence-corrected chi connectivity index (χ4v) is 2.66. The van der Waals surface area contributed by atoms with Crippen molar-refractivity contribution in [2.45, 2.75) is 52.0 Å². The maximum absolute atomic E-state index is 12.4. The molecule has 1 N–H and O–H groups in total. The normalized spacial score (nSPS) is 16.4. The fourth-order valence-electron chi connectivity index (χ4n) is 2.66. The topological polar surface area (TPSA) is 60.9 Å². The molecule has 1 rings (SSSR count). The molecule has 2 amide bonds. The van der Waals surface area contributed by atoms with Crippen molar-refractivity contribution in [2.24, 2.45) is 5.92 Å². The molecule has 0 spiro atoms. The Morgan fingerprint density at radius 3 is 2.26 bits per heavy atom. The third-order valence-corrected chi connectivity index (χ3v) is 3.61. The third kappa shape index (κ3) is 5.09. The summed E-state index contributed by atoms with van der Waals surface area (Å²) in [7, 11) is 1.80. The lowest BCUT2D eigenvalue weighted by molar-refractivity contribution is -0.137. The van der Waals surface area contributed by atoms with Crippen molar-refractivity contribution in [1.82, 2.24) is 9.80 Å². The molecule has 0 aliphatic heterocycles. The predicted molar refractivity (Wildman–Crippen MR) is 74.1 cm³/mol. The van der Waals surface area contributed by atoms with E-state index in [1.54, 1.807) is 11.9 Å². The standard InChI is InChI=1S/C14H26N2O3/c1-11(2)9-16(10-13(17)18)14(19)15(3)12-7-5-4-6-8-12/h11-12H,4-10H2,1-3H3,(H,17,18). The molecule has 0 aromatic heterocycles. The quantitative estimate of drug-likeness (QED) is 0.834. The Morgan fingerprint density at radius 2 is 1.79 bits per heavy atom. The van der Waals surface area contributed by atoms with Crippen LogP contribution < -0.4 is 0 Å². The Labute approximate surface area is 115 Å². The van der Waals surface area contributed by atoms with E-state index in [4.69, 9.17) is 5.11 Å². The van der Waals surface area contributed by atoms with Crippen molar-refractivity contribution in [3.05, 3.63) is 0 Å². The van der Waals surface area contributed by atoms with Crippen LogP contribution in [0.1, 0.15) is 46.0 Å². The highest BCUT2D eigenvalue weighted by molar-refractivity contribution is 5.80. The molecule has 1 aliphatic rings. The van der Waals surface area contributed by atoms with E-state index in [9.17, 15) is 9.59 Å². The van der Waals surface area contributed by atoms with E-state index in [1.165, 1.54) is 11.3 Å². The van der Waals surface area contributed by atoms with E-state index in [2.05, 4.69) is 0 Å². The second-order valence-electron chi connectivity index (χ2n) is 5.85. The number of hydrogen-bond donors (Lipinski definition) is 1. The molecule has 0 aromatic rings. The van der Waals surface area contributed by atoms with Gasteiger partial charge in [-0.2, -0.15) is 0 Å². The molecule has 110 valence electrons. The fraction of sp³-hybridized carbons (Fsp3) is 0.857.